The number of halogens is 2. The zero-order valence-corrected chi connectivity index (χ0v) is 14.1. The van der Waals surface area contributed by atoms with Crippen molar-refractivity contribution in [3.63, 3.8) is 0 Å². The zero-order chi connectivity index (χ0) is 14.5. The van der Waals surface area contributed by atoms with Crippen molar-refractivity contribution in [2.24, 2.45) is 4.99 Å². The summed E-state index contributed by atoms with van der Waals surface area (Å²) in [4.78, 5) is 14.3. The Labute approximate surface area is 134 Å². The summed E-state index contributed by atoms with van der Waals surface area (Å²) in [5.74, 6) is 0. The van der Waals surface area contributed by atoms with E-state index in [1.165, 1.54) is 0 Å². The number of rotatable bonds is 4. The number of aliphatic hydroxyl groups is 1. The molecule has 1 aliphatic carbocycles. The predicted molar refractivity (Wildman–Crippen MR) is 84.7 cm³/mol. The van der Waals surface area contributed by atoms with Crippen molar-refractivity contribution < 1.29 is 9.90 Å². The molecule has 0 aromatic heterocycles. The second-order valence-electron chi connectivity index (χ2n) is 4.98. The first-order valence-electron chi connectivity index (χ1n) is 6.57. The van der Waals surface area contributed by atoms with Crippen molar-refractivity contribution in [3.05, 3.63) is 26.6 Å². The second-order valence-corrected chi connectivity index (χ2v) is 6.75. The second kappa shape index (κ2) is 7.48. The van der Waals surface area contributed by atoms with Crippen LogP contribution in [0.15, 0.2) is 26.1 Å². The molecule has 0 amide bonds. The molecule has 0 saturated heterocycles. The van der Waals surface area contributed by atoms with Gasteiger partial charge in [0.25, 0.3) is 0 Å². The van der Waals surface area contributed by atoms with Crippen LogP contribution in [0.4, 0.5) is 5.69 Å². The van der Waals surface area contributed by atoms with Gasteiger partial charge in [0.1, 0.15) is 0 Å². The molecule has 1 aromatic rings. The Morgan fingerprint density at radius 1 is 1.30 bits per heavy atom. The highest BCUT2D eigenvalue weighted by Crippen LogP contribution is 2.33. The molecule has 0 aliphatic heterocycles. The summed E-state index contributed by atoms with van der Waals surface area (Å²) in [6.45, 7) is 0.638. The zero-order valence-electron chi connectivity index (χ0n) is 10.9. The highest BCUT2D eigenvalue weighted by Gasteiger charge is 2.19. The maximum atomic E-state index is 10.5. The lowest BCUT2D eigenvalue weighted by Gasteiger charge is -2.26. The van der Waals surface area contributed by atoms with E-state index in [9.17, 15) is 9.90 Å². The third-order valence-corrected chi connectivity index (χ3v) is 4.60. The van der Waals surface area contributed by atoms with E-state index in [2.05, 4.69) is 42.2 Å². The van der Waals surface area contributed by atoms with Crippen molar-refractivity contribution >= 4 is 43.6 Å². The molecule has 0 spiro atoms. The number of nitrogens with one attached hydrogen (secondary N) is 1. The van der Waals surface area contributed by atoms with Gasteiger partial charge in [0.15, 0.2) is 0 Å². The molecule has 108 valence electrons. The Hall–Kier alpha value is -0.520. The van der Waals surface area contributed by atoms with E-state index in [-0.39, 0.29) is 6.10 Å². The molecule has 0 heterocycles. The molecule has 0 bridgehead atoms. The molecule has 0 unspecified atom stereocenters. The number of aliphatic hydroxyl groups excluding tert-OH is 1. The fourth-order valence-corrected chi connectivity index (χ4v) is 3.86. The largest absolute Gasteiger partial charge is 0.393 e. The molecule has 1 aromatic carbocycles. The van der Waals surface area contributed by atoms with Gasteiger partial charge >= 0.3 is 0 Å². The quantitative estimate of drug-likeness (QED) is 0.596. The fraction of sp³-hybridized carbons (Fsp3) is 0.500. The lowest BCUT2D eigenvalue weighted by atomic mass is 9.93. The highest BCUT2D eigenvalue weighted by molar-refractivity contribution is 9.11. The maximum Gasteiger partial charge on any atom is 0.240 e. The minimum absolute atomic E-state index is 0.150. The molecule has 20 heavy (non-hydrogen) atoms. The van der Waals surface area contributed by atoms with Gasteiger partial charge in [0, 0.05) is 21.5 Å². The minimum Gasteiger partial charge on any atom is -0.393 e. The predicted octanol–water partition coefficient (Wildman–Crippen LogP) is 3.57. The van der Waals surface area contributed by atoms with Gasteiger partial charge in [-0.15, -0.1) is 0 Å². The lowest BCUT2D eigenvalue weighted by Crippen LogP contribution is -2.34. The van der Waals surface area contributed by atoms with E-state index in [1.54, 1.807) is 6.08 Å². The van der Waals surface area contributed by atoms with E-state index in [0.717, 1.165) is 40.2 Å². The van der Waals surface area contributed by atoms with Crippen molar-refractivity contribution in [1.29, 1.82) is 0 Å². The summed E-state index contributed by atoms with van der Waals surface area (Å²) < 4.78 is 1.70. The topological polar surface area (TPSA) is 61.7 Å². The van der Waals surface area contributed by atoms with Crippen LogP contribution in [0.1, 0.15) is 31.2 Å². The number of aliphatic imine (C=N–C) groups is 1. The Balaban J connectivity index is 2.06. The van der Waals surface area contributed by atoms with Crippen molar-refractivity contribution in [1.82, 2.24) is 5.32 Å². The molecule has 0 atom stereocenters. The Bertz CT molecular complexity index is 522. The van der Waals surface area contributed by atoms with Gasteiger partial charge in [0.2, 0.25) is 6.08 Å². The van der Waals surface area contributed by atoms with Crippen LogP contribution in [0.2, 0.25) is 0 Å². The lowest BCUT2D eigenvalue weighted by molar-refractivity contribution is 0.116. The molecule has 1 saturated carbocycles. The van der Waals surface area contributed by atoms with Crippen LogP contribution in [-0.4, -0.2) is 23.3 Å². The van der Waals surface area contributed by atoms with E-state index in [4.69, 9.17) is 0 Å². The normalized spacial score (nSPS) is 22.4. The van der Waals surface area contributed by atoms with Crippen LogP contribution in [0, 0.1) is 0 Å². The minimum atomic E-state index is -0.150. The van der Waals surface area contributed by atoms with Crippen molar-refractivity contribution in [2.45, 2.75) is 44.4 Å². The fourth-order valence-electron chi connectivity index (χ4n) is 2.46. The van der Waals surface area contributed by atoms with E-state index >= 15 is 0 Å². The summed E-state index contributed by atoms with van der Waals surface area (Å²) in [6, 6.07) is 4.21. The van der Waals surface area contributed by atoms with Gasteiger partial charge < -0.3 is 10.4 Å². The molecule has 1 fully saturated rings. The van der Waals surface area contributed by atoms with E-state index < -0.39 is 0 Å². The van der Waals surface area contributed by atoms with Crippen molar-refractivity contribution in [3.8, 4) is 0 Å². The average Bonchev–Trinajstić information content (AvgIpc) is 2.41. The number of nitrogens with zero attached hydrogens (tertiary/aromatic N) is 1. The molecule has 2 rings (SSSR count). The third-order valence-electron chi connectivity index (χ3n) is 3.54. The SMILES string of the molecule is O=C=Nc1c(Br)cc(Br)cc1CNC1CCC(O)CC1. The number of hydrogen-bond donors (Lipinski definition) is 2. The number of benzene rings is 1. The van der Waals surface area contributed by atoms with Gasteiger partial charge in [-0.2, -0.15) is 4.99 Å². The average molecular weight is 404 g/mol. The van der Waals surface area contributed by atoms with Gasteiger partial charge in [-0.25, -0.2) is 4.79 Å². The van der Waals surface area contributed by atoms with Crippen LogP contribution in [0.25, 0.3) is 0 Å². The smallest absolute Gasteiger partial charge is 0.240 e. The third kappa shape index (κ3) is 4.24. The maximum absolute atomic E-state index is 10.5. The first-order valence-corrected chi connectivity index (χ1v) is 8.16. The number of isocyanates is 1. The van der Waals surface area contributed by atoms with Crippen LogP contribution in [0.5, 0.6) is 0 Å². The van der Waals surface area contributed by atoms with E-state index in [1.807, 2.05) is 12.1 Å². The molecule has 4 nitrogen and oxygen atoms in total. The van der Waals surface area contributed by atoms with E-state index in [0.29, 0.717) is 18.3 Å². The molecular formula is C14H16Br2N2O2. The number of hydrogen-bond acceptors (Lipinski definition) is 4. The molecule has 0 radical (unpaired) electrons. The molecule has 1 aliphatic rings. The monoisotopic (exact) mass is 402 g/mol. The first-order chi connectivity index (χ1) is 9.60. The number of carbonyl (C=O) groups excluding carboxylic acids is 1. The molecule has 6 heteroatoms. The molecular weight excluding hydrogens is 388 g/mol. The molecule has 2 N–H and O–H groups in total. The van der Waals surface area contributed by atoms with Gasteiger partial charge in [-0.05, 0) is 59.3 Å². The first kappa shape index (κ1) is 15.9. The Morgan fingerprint density at radius 2 is 2.00 bits per heavy atom. The van der Waals surface area contributed by atoms with Gasteiger partial charge in [-0.3, -0.25) is 0 Å². The summed E-state index contributed by atoms with van der Waals surface area (Å²) in [5.41, 5.74) is 1.56. The Morgan fingerprint density at radius 3 is 2.65 bits per heavy atom. The van der Waals surface area contributed by atoms with Crippen molar-refractivity contribution in [2.75, 3.05) is 0 Å². The van der Waals surface area contributed by atoms with Crippen LogP contribution < -0.4 is 5.32 Å². The standard InChI is InChI=1S/C14H16Br2N2O2/c15-10-5-9(14(18-8-19)13(16)6-10)7-17-11-1-3-12(20)4-2-11/h5-6,11-12,17,20H,1-4,7H2. The van der Waals surface area contributed by atoms with Crippen LogP contribution in [-0.2, 0) is 11.3 Å². The summed E-state index contributed by atoms with van der Waals surface area (Å²) >= 11 is 6.85. The van der Waals surface area contributed by atoms with Gasteiger partial charge in [0.05, 0.1) is 11.8 Å². The Kier molecular flexibility index (Phi) is 5.93. The van der Waals surface area contributed by atoms with Crippen LogP contribution in [0.3, 0.4) is 0 Å². The van der Waals surface area contributed by atoms with Gasteiger partial charge in [-0.1, -0.05) is 15.9 Å². The highest BCUT2D eigenvalue weighted by atomic mass is 79.9. The summed E-state index contributed by atoms with van der Waals surface area (Å²) in [7, 11) is 0. The van der Waals surface area contributed by atoms with Crippen LogP contribution >= 0.6 is 31.9 Å². The summed E-state index contributed by atoms with van der Waals surface area (Å²) in [6.07, 6.45) is 5.09. The summed E-state index contributed by atoms with van der Waals surface area (Å²) in [5, 5.41) is 13.0.